The van der Waals surface area contributed by atoms with Gasteiger partial charge in [-0.15, -0.1) is 21.5 Å². The minimum Gasteiger partial charge on any atom is -0.497 e. The molecule has 3 aromatic rings. The molecule has 1 aromatic carbocycles. The second kappa shape index (κ2) is 7.98. The summed E-state index contributed by atoms with van der Waals surface area (Å²) in [6.45, 7) is 0.555. The third-order valence-corrected chi connectivity index (χ3v) is 5.04. The number of thiophene rings is 1. The summed E-state index contributed by atoms with van der Waals surface area (Å²) in [5.74, 6) is 1.01. The number of aromatic nitrogens is 3. The molecular weight excluding hydrogens is 344 g/mol. The highest BCUT2D eigenvalue weighted by molar-refractivity contribution is 7.99. The van der Waals surface area contributed by atoms with E-state index in [-0.39, 0.29) is 11.7 Å². The molecule has 1 N–H and O–H groups in total. The molecule has 0 unspecified atom stereocenters. The van der Waals surface area contributed by atoms with Crippen LogP contribution in [0.5, 0.6) is 5.75 Å². The lowest BCUT2D eigenvalue weighted by Gasteiger charge is -2.08. The van der Waals surface area contributed by atoms with Gasteiger partial charge in [0.25, 0.3) is 0 Å². The van der Waals surface area contributed by atoms with Gasteiger partial charge in [-0.05, 0) is 23.6 Å². The van der Waals surface area contributed by atoms with E-state index in [2.05, 4.69) is 15.5 Å². The normalized spacial score (nSPS) is 10.5. The summed E-state index contributed by atoms with van der Waals surface area (Å²) in [4.78, 5) is 13.1. The van der Waals surface area contributed by atoms with Crippen molar-refractivity contribution >= 4 is 29.0 Å². The Morgan fingerprint density at radius 2 is 2.29 bits per heavy atom. The topological polar surface area (TPSA) is 69.0 Å². The Morgan fingerprint density at radius 3 is 3.08 bits per heavy atom. The van der Waals surface area contributed by atoms with E-state index in [0.29, 0.717) is 11.7 Å². The minimum atomic E-state index is -0.0337. The van der Waals surface area contributed by atoms with Crippen LogP contribution in [0.15, 0.2) is 53.3 Å². The molecule has 0 fully saturated rings. The first-order chi connectivity index (χ1) is 11.8. The number of thioether (sulfide) groups is 1. The van der Waals surface area contributed by atoms with E-state index in [4.69, 9.17) is 4.74 Å². The monoisotopic (exact) mass is 360 g/mol. The number of hydrogen-bond acceptors (Lipinski definition) is 6. The van der Waals surface area contributed by atoms with Gasteiger partial charge in [0.2, 0.25) is 5.91 Å². The lowest BCUT2D eigenvalue weighted by atomic mass is 10.3. The van der Waals surface area contributed by atoms with Gasteiger partial charge in [-0.25, -0.2) is 0 Å². The maximum atomic E-state index is 12.0. The molecule has 0 atom stereocenters. The van der Waals surface area contributed by atoms with E-state index < -0.39 is 0 Å². The van der Waals surface area contributed by atoms with Crippen molar-refractivity contribution in [3.8, 4) is 11.4 Å². The summed E-state index contributed by atoms with van der Waals surface area (Å²) in [6.07, 6.45) is 1.63. The van der Waals surface area contributed by atoms with Crippen LogP contribution in [0.4, 0.5) is 0 Å². The van der Waals surface area contributed by atoms with Crippen molar-refractivity contribution in [1.29, 1.82) is 0 Å². The first kappa shape index (κ1) is 16.5. The molecule has 2 aromatic heterocycles. The van der Waals surface area contributed by atoms with Crippen LogP contribution in [0.2, 0.25) is 0 Å². The Hall–Kier alpha value is -2.32. The third-order valence-electron chi connectivity index (χ3n) is 3.22. The van der Waals surface area contributed by atoms with Crippen LogP contribution in [0.25, 0.3) is 5.69 Å². The molecule has 6 nitrogen and oxygen atoms in total. The molecule has 0 radical (unpaired) electrons. The SMILES string of the molecule is COc1cccc(-n2cnnc2SCC(=O)NCc2cccs2)c1. The van der Waals surface area contributed by atoms with Gasteiger partial charge in [-0.2, -0.15) is 0 Å². The lowest BCUT2D eigenvalue weighted by molar-refractivity contribution is -0.118. The molecule has 0 aliphatic carbocycles. The van der Waals surface area contributed by atoms with Crippen molar-refractivity contribution in [3.63, 3.8) is 0 Å². The Morgan fingerprint density at radius 1 is 1.38 bits per heavy atom. The maximum Gasteiger partial charge on any atom is 0.230 e. The van der Waals surface area contributed by atoms with Crippen LogP contribution in [-0.2, 0) is 11.3 Å². The molecule has 2 heterocycles. The van der Waals surface area contributed by atoms with E-state index in [1.165, 1.54) is 11.8 Å². The zero-order valence-corrected chi connectivity index (χ0v) is 14.6. The summed E-state index contributed by atoms with van der Waals surface area (Å²) < 4.78 is 7.07. The standard InChI is InChI=1S/C16H16N4O2S2/c1-22-13-5-2-4-12(8-13)20-11-18-19-16(20)24-10-15(21)17-9-14-6-3-7-23-14/h2-8,11H,9-10H2,1H3,(H,17,21). The van der Waals surface area contributed by atoms with Crippen molar-refractivity contribution in [2.24, 2.45) is 0 Å². The van der Waals surface area contributed by atoms with Gasteiger partial charge >= 0.3 is 0 Å². The third kappa shape index (κ3) is 4.15. The number of amides is 1. The molecule has 8 heteroatoms. The lowest BCUT2D eigenvalue weighted by Crippen LogP contribution is -2.24. The molecule has 1 amide bonds. The van der Waals surface area contributed by atoms with Crippen LogP contribution >= 0.6 is 23.1 Å². The number of methoxy groups -OCH3 is 1. The van der Waals surface area contributed by atoms with Gasteiger partial charge in [0.1, 0.15) is 12.1 Å². The van der Waals surface area contributed by atoms with Gasteiger partial charge < -0.3 is 10.1 Å². The highest BCUT2D eigenvalue weighted by Crippen LogP contribution is 2.22. The molecule has 3 rings (SSSR count). The number of benzene rings is 1. The highest BCUT2D eigenvalue weighted by Gasteiger charge is 2.10. The van der Waals surface area contributed by atoms with Gasteiger partial charge in [0, 0.05) is 10.9 Å². The number of nitrogens with zero attached hydrogens (tertiary/aromatic N) is 3. The molecule has 24 heavy (non-hydrogen) atoms. The van der Waals surface area contributed by atoms with Crippen molar-refractivity contribution in [1.82, 2.24) is 20.1 Å². The van der Waals surface area contributed by atoms with Crippen molar-refractivity contribution in [2.45, 2.75) is 11.7 Å². The largest absolute Gasteiger partial charge is 0.497 e. The summed E-state index contributed by atoms with van der Waals surface area (Å²) in [6, 6.07) is 11.6. The summed E-state index contributed by atoms with van der Waals surface area (Å²) in [7, 11) is 1.62. The van der Waals surface area contributed by atoms with Crippen molar-refractivity contribution in [3.05, 3.63) is 53.0 Å². The fourth-order valence-electron chi connectivity index (χ4n) is 2.04. The van der Waals surface area contributed by atoms with Crippen molar-refractivity contribution < 1.29 is 9.53 Å². The number of carbonyl (C=O) groups is 1. The van der Waals surface area contributed by atoms with Crippen LogP contribution < -0.4 is 10.1 Å². The van der Waals surface area contributed by atoms with Gasteiger partial charge in [0.15, 0.2) is 5.16 Å². The fraction of sp³-hybridized carbons (Fsp3) is 0.188. The number of ether oxygens (including phenoxy) is 1. The molecular formula is C16H16N4O2S2. The molecule has 0 aliphatic rings. The predicted molar refractivity (Wildman–Crippen MR) is 94.8 cm³/mol. The second-order valence-electron chi connectivity index (χ2n) is 4.83. The summed E-state index contributed by atoms with van der Waals surface area (Å²) >= 11 is 2.97. The molecule has 0 spiro atoms. The first-order valence-corrected chi connectivity index (χ1v) is 9.09. The van der Waals surface area contributed by atoms with Gasteiger partial charge in [0.05, 0.1) is 25.1 Å². The summed E-state index contributed by atoms with van der Waals surface area (Å²) in [5, 5.41) is 13.6. The maximum absolute atomic E-state index is 12.0. The van der Waals surface area contributed by atoms with E-state index in [1.54, 1.807) is 24.8 Å². The molecule has 0 bridgehead atoms. The van der Waals surface area contributed by atoms with Crippen LogP contribution in [0.3, 0.4) is 0 Å². The van der Waals surface area contributed by atoms with Crippen LogP contribution in [0, 0.1) is 0 Å². The second-order valence-corrected chi connectivity index (χ2v) is 6.80. The van der Waals surface area contributed by atoms with E-state index >= 15 is 0 Å². The number of carbonyl (C=O) groups excluding carboxylic acids is 1. The minimum absolute atomic E-state index is 0.0337. The average Bonchev–Trinajstić information content (AvgIpc) is 3.29. The zero-order chi connectivity index (χ0) is 16.8. The fourth-order valence-corrected chi connectivity index (χ4v) is 3.44. The van der Waals surface area contributed by atoms with Crippen molar-refractivity contribution in [2.75, 3.05) is 12.9 Å². The van der Waals surface area contributed by atoms with Gasteiger partial charge in [-0.1, -0.05) is 23.9 Å². The predicted octanol–water partition coefficient (Wildman–Crippen LogP) is 2.75. The van der Waals surface area contributed by atoms with E-state index in [9.17, 15) is 4.79 Å². The Labute approximate surface area is 147 Å². The Bertz CT molecular complexity index is 802. The average molecular weight is 360 g/mol. The molecule has 0 saturated carbocycles. The molecule has 0 saturated heterocycles. The quantitative estimate of drug-likeness (QED) is 0.656. The Kier molecular flexibility index (Phi) is 5.50. The number of nitrogens with one attached hydrogen (secondary N) is 1. The smallest absolute Gasteiger partial charge is 0.230 e. The highest BCUT2D eigenvalue weighted by atomic mass is 32.2. The zero-order valence-electron chi connectivity index (χ0n) is 13.0. The number of hydrogen-bond donors (Lipinski definition) is 1. The van der Waals surface area contributed by atoms with Crippen LogP contribution in [0.1, 0.15) is 4.88 Å². The Balaban J connectivity index is 1.60. The summed E-state index contributed by atoms with van der Waals surface area (Å²) in [5.41, 5.74) is 0.890. The molecule has 124 valence electrons. The number of rotatable bonds is 7. The van der Waals surface area contributed by atoms with Crippen LogP contribution in [-0.4, -0.2) is 33.5 Å². The first-order valence-electron chi connectivity index (χ1n) is 7.22. The van der Waals surface area contributed by atoms with E-state index in [1.807, 2.05) is 46.3 Å². The van der Waals surface area contributed by atoms with E-state index in [0.717, 1.165) is 16.3 Å². The molecule has 0 aliphatic heterocycles. The van der Waals surface area contributed by atoms with Gasteiger partial charge in [-0.3, -0.25) is 9.36 Å².